The third-order valence-corrected chi connectivity index (χ3v) is 7.01. The maximum Gasteiger partial charge on any atom is 0.231 e. The first-order chi connectivity index (χ1) is 17.1. The van der Waals surface area contributed by atoms with Crippen LogP contribution in [-0.4, -0.2) is 31.3 Å². The fourth-order valence-corrected chi connectivity index (χ4v) is 5.39. The molecule has 4 aromatic rings. The Morgan fingerprint density at radius 2 is 1.77 bits per heavy atom. The van der Waals surface area contributed by atoms with Gasteiger partial charge in [0.05, 0.1) is 30.0 Å². The molecule has 2 atom stereocenters. The van der Waals surface area contributed by atoms with E-state index >= 15 is 0 Å². The van der Waals surface area contributed by atoms with Crippen molar-refractivity contribution in [1.29, 1.82) is 0 Å². The van der Waals surface area contributed by atoms with Crippen molar-refractivity contribution in [3.05, 3.63) is 101 Å². The number of nitrogens with one attached hydrogen (secondary N) is 1. The van der Waals surface area contributed by atoms with Gasteiger partial charge in [0, 0.05) is 35.5 Å². The smallest absolute Gasteiger partial charge is 0.231 e. The summed E-state index contributed by atoms with van der Waals surface area (Å²) in [6, 6.07) is 20.1. The number of pyridine rings is 2. The van der Waals surface area contributed by atoms with Gasteiger partial charge in [-0.15, -0.1) is 0 Å². The molecule has 1 saturated heterocycles. The topological polar surface area (TPSA) is 64.4 Å². The molecule has 1 fully saturated rings. The highest BCUT2D eigenvalue weighted by atomic mass is 32.1. The van der Waals surface area contributed by atoms with Crippen LogP contribution in [0.4, 0.5) is 0 Å². The van der Waals surface area contributed by atoms with Gasteiger partial charge in [-0.3, -0.25) is 9.97 Å². The molecule has 2 aliphatic rings. The predicted octanol–water partition coefficient (Wildman–Crippen LogP) is 4.79. The minimum absolute atomic E-state index is 0.0478. The van der Waals surface area contributed by atoms with Crippen LogP contribution in [0.5, 0.6) is 11.5 Å². The van der Waals surface area contributed by atoms with Crippen molar-refractivity contribution in [3.8, 4) is 17.2 Å². The van der Waals surface area contributed by atoms with Gasteiger partial charge in [0.15, 0.2) is 16.6 Å². The van der Waals surface area contributed by atoms with Crippen molar-refractivity contribution in [3.63, 3.8) is 0 Å². The van der Waals surface area contributed by atoms with Gasteiger partial charge >= 0.3 is 0 Å². The molecule has 3 aromatic heterocycles. The molecule has 1 N–H and O–H groups in total. The Morgan fingerprint density at radius 3 is 2.54 bits per heavy atom. The Hall–Kier alpha value is -3.91. The number of hydrogen-bond acceptors (Lipinski definition) is 5. The van der Waals surface area contributed by atoms with E-state index in [2.05, 4.69) is 56.8 Å². The summed E-state index contributed by atoms with van der Waals surface area (Å²) in [4.78, 5) is 11.4. The number of aryl methyl sites for hydroxylation is 1. The highest BCUT2D eigenvalue weighted by molar-refractivity contribution is 7.80. The quantitative estimate of drug-likeness (QED) is 0.410. The van der Waals surface area contributed by atoms with Crippen molar-refractivity contribution < 1.29 is 9.47 Å². The first kappa shape index (κ1) is 21.6. The molecule has 7 nitrogen and oxygen atoms in total. The van der Waals surface area contributed by atoms with E-state index in [-0.39, 0.29) is 18.9 Å². The second-order valence-corrected chi connectivity index (χ2v) is 9.16. The summed E-state index contributed by atoms with van der Waals surface area (Å²) in [5.41, 5.74) is 6.43. The number of thiocarbonyl (C=S) groups is 1. The average Bonchev–Trinajstić information content (AvgIpc) is 3.56. The van der Waals surface area contributed by atoms with Gasteiger partial charge in [-0.25, -0.2) is 0 Å². The molecule has 6 rings (SSSR count). The maximum absolute atomic E-state index is 5.85. The van der Waals surface area contributed by atoms with Crippen LogP contribution in [0.1, 0.15) is 40.4 Å². The Kier molecular flexibility index (Phi) is 5.37. The van der Waals surface area contributed by atoms with Gasteiger partial charge in [0.2, 0.25) is 6.79 Å². The van der Waals surface area contributed by atoms with Gasteiger partial charge in [0.25, 0.3) is 0 Å². The summed E-state index contributed by atoms with van der Waals surface area (Å²) < 4.78 is 13.4. The zero-order chi connectivity index (χ0) is 23.9. The lowest BCUT2D eigenvalue weighted by atomic mass is 9.96. The maximum atomic E-state index is 5.85. The standard InChI is InChI=1S/C27H25N5O2S/c1-17-13-21(18(2)32(17)20-9-10-23-24(14-20)34-16-33-23)26-25(22-8-4-6-12-29-22)30-27(35)31(26)15-19-7-3-5-11-28-19/h3-14,25-26H,15-16H2,1-2H3,(H,30,35)/t25-,26+/m0/s1. The van der Waals surface area contributed by atoms with Gasteiger partial charge < -0.3 is 24.3 Å². The highest BCUT2D eigenvalue weighted by Gasteiger charge is 2.41. The fraction of sp³-hybridized carbons (Fsp3) is 0.222. The molecule has 2 aliphatic heterocycles. The minimum Gasteiger partial charge on any atom is -0.454 e. The largest absolute Gasteiger partial charge is 0.454 e. The van der Waals surface area contributed by atoms with Crippen LogP contribution in [0.3, 0.4) is 0 Å². The number of fused-ring (bicyclic) bond motifs is 1. The summed E-state index contributed by atoms with van der Waals surface area (Å²) in [6.45, 7) is 5.14. The number of ether oxygens (including phenoxy) is 2. The van der Waals surface area contributed by atoms with Crippen LogP contribution >= 0.6 is 12.2 Å². The van der Waals surface area contributed by atoms with Crippen molar-refractivity contribution in [1.82, 2.24) is 24.8 Å². The summed E-state index contributed by atoms with van der Waals surface area (Å²) >= 11 is 5.85. The zero-order valence-electron chi connectivity index (χ0n) is 19.5. The van der Waals surface area contributed by atoms with E-state index < -0.39 is 0 Å². The second kappa shape index (κ2) is 8.70. The normalized spacial score (nSPS) is 18.7. The molecule has 0 spiro atoms. The Morgan fingerprint density at radius 1 is 0.971 bits per heavy atom. The van der Waals surface area contributed by atoms with Crippen LogP contribution in [0.2, 0.25) is 0 Å². The molecule has 0 bridgehead atoms. The minimum atomic E-state index is -0.0851. The molecule has 0 amide bonds. The molecular formula is C27H25N5O2S. The molecule has 35 heavy (non-hydrogen) atoms. The van der Waals surface area contributed by atoms with Crippen molar-refractivity contribution in [2.24, 2.45) is 0 Å². The Balaban J connectivity index is 1.45. The van der Waals surface area contributed by atoms with Crippen LogP contribution in [-0.2, 0) is 6.54 Å². The number of benzene rings is 1. The van der Waals surface area contributed by atoms with E-state index in [0.29, 0.717) is 11.7 Å². The fourth-order valence-electron chi connectivity index (χ4n) is 5.09. The lowest BCUT2D eigenvalue weighted by molar-refractivity contribution is 0.174. The molecule has 1 aromatic carbocycles. The van der Waals surface area contributed by atoms with Crippen LogP contribution in [0, 0.1) is 13.8 Å². The van der Waals surface area contributed by atoms with Gasteiger partial charge in [-0.1, -0.05) is 12.1 Å². The van der Waals surface area contributed by atoms with Crippen molar-refractivity contribution >= 4 is 17.3 Å². The molecule has 176 valence electrons. The number of nitrogens with zero attached hydrogens (tertiary/aromatic N) is 4. The summed E-state index contributed by atoms with van der Waals surface area (Å²) in [7, 11) is 0. The Labute approximate surface area is 209 Å². The lowest BCUT2D eigenvalue weighted by Crippen LogP contribution is -2.29. The average molecular weight is 484 g/mol. The SMILES string of the molecule is Cc1cc([C@@H]2[C@H](c3ccccn3)NC(=S)N2Cc2ccccn2)c(C)n1-c1ccc2c(c1)OCO2. The summed E-state index contributed by atoms with van der Waals surface area (Å²) in [6.07, 6.45) is 3.65. The molecule has 0 unspecified atom stereocenters. The van der Waals surface area contributed by atoms with E-state index in [1.54, 1.807) is 0 Å². The van der Waals surface area contributed by atoms with Crippen LogP contribution in [0.25, 0.3) is 5.69 Å². The van der Waals surface area contributed by atoms with E-state index in [1.165, 1.54) is 5.56 Å². The Bertz CT molecular complexity index is 1390. The first-order valence-electron chi connectivity index (χ1n) is 11.6. The van der Waals surface area contributed by atoms with Crippen LogP contribution in [0.15, 0.2) is 73.1 Å². The van der Waals surface area contributed by atoms with Gasteiger partial charge in [-0.05, 0) is 74.1 Å². The molecule has 0 saturated carbocycles. The van der Waals surface area contributed by atoms with E-state index in [4.69, 9.17) is 21.7 Å². The van der Waals surface area contributed by atoms with E-state index in [0.717, 1.165) is 40.0 Å². The number of hydrogen-bond donors (Lipinski definition) is 1. The van der Waals surface area contributed by atoms with Crippen molar-refractivity contribution in [2.75, 3.05) is 6.79 Å². The highest BCUT2D eigenvalue weighted by Crippen LogP contribution is 2.42. The zero-order valence-corrected chi connectivity index (χ0v) is 20.3. The summed E-state index contributed by atoms with van der Waals surface area (Å²) in [5.74, 6) is 1.54. The third-order valence-electron chi connectivity index (χ3n) is 6.66. The number of aromatic nitrogens is 3. The monoisotopic (exact) mass is 483 g/mol. The molecule has 0 aliphatic carbocycles. The molecule has 0 radical (unpaired) electrons. The lowest BCUT2D eigenvalue weighted by Gasteiger charge is -2.28. The summed E-state index contributed by atoms with van der Waals surface area (Å²) in [5, 5.41) is 4.24. The predicted molar refractivity (Wildman–Crippen MR) is 137 cm³/mol. The number of rotatable bonds is 5. The molecular weight excluding hydrogens is 458 g/mol. The van der Waals surface area contributed by atoms with E-state index in [9.17, 15) is 0 Å². The van der Waals surface area contributed by atoms with Crippen LogP contribution < -0.4 is 14.8 Å². The first-order valence-corrected chi connectivity index (χ1v) is 12.0. The van der Waals surface area contributed by atoms with Gasteiger partial charge in [-0.2, -0.15) is 0 Å². The van der Waals surface area contributed by atoms with E-state index in [1.807, 2.05) is 54.9 Å². The van der Waals surface area contributed by atoms with Gasteiger partial charge in [0.1, 0.15) is 0 Å². The molecule has 8 heteroatoms. The molecule has 5 heterocycles. The third kappa shape index (κ3) is 3.80. The van der Waals surface area contributed by atoms with Crippen molar-refractivity contribution in [2.45, 2.75) is 32.5 Å². The second-order valence-electron chi connectivity index (χ2n) is 8.78.